The molecule has 0 heterocycles. The molecule has 2 rings (SSSR count). The first-order valence-corrected chi connectivity index (χ1v) is 7.36. The molecular formula is C17H19ClN2O. The van der Waals surface area contributed by atoms with E-state index in [4.69, 9.17) is 11.6 Å². The van der Waals surface area contributed by atoms with Gasteiger partial charge in [0, 0.05) is 10.7 Å². The Hall–Kier alpha value is -2.00. The van der Waals surface area contributed by atoms with Gasteiger partial charge in [-0.25, -0.2) is 4.79 Å². The van der Waals surface area contributed by atoms with E-state index in [0.29, 0.717) is 5.02 Å². The average molecular weight is 303 g/mol. The van der Waals surface area contributed by atoms with E-state index in [-0.39, 0.29) is 12.1 Å². The van der Waals surface area contributed by atoms with E-state index >= 15 is 0 Å². The first-order valence-electron chi connectivity index (χ1n) is 6.98. The standard InChI is InChI=1S/C17H19ClN2O/c1-3-15(13-7-5-4-6-8-13)19-17(21)20-16-11-14(18)10-9-12(16)2/h4-11,15H,3H2,1-2H3,(H2,19,20,21). The Morgan fingerprint density at radius 3 is 2.57 bits per heavy atom. The van der Waals surface area contributed by atoms with E-state index in [1.165, 1.54) is 0 Å². The predicted octanol–water partition coefficient (Wildman–Crippen LogP) is 4.92. The molecule has 0 aliphatic heterocycles. The topological polar surface area (TPSA) is 41.1 Å². The van der Waals surface area contributed by atoms with Gasteiger partial charge < -0.3 is 10.6 Å². The maximum atomic E-state index is 12.2. The van der Waals surface area contributed by atoms with Crippen molar-refractivity contribution in [3.63, 3.8) is 0 Å². The molecule has 0 aliphatic carbocycles. The zero-order valence-corrected chi connectivity index (χ0v) is 12.9. The normalized spacial score (nSPS) is 11.8. The number of carbonyl (C=O) groups excluding carboxylic acids is 1. The summed E-state index contributed by atoms with van der Waals surface area (Å²) in [7, 11) is 0. The maximum absolute atomic E-state index is 12.2. The van der Waals surface area contributed by atoms with Gasteiger partial charge in [0.15, 0.2) is 0 Å². The Labute approximate surface area is 130 Å². The third-order valence-electron chi connectivity index (χ3n) is 3.36. The van der Waals surface area contributed by atoms with Crippen LogP contribution in [0, 0.1) is 6.92 Å². The summed E-state index contributed by atoms with van der Waals surface area (Å²) in [6.07, 6.45) is 0.825. The van der Waals surface area contributed by atoms with Crippen LogP contribution >= 0.6 is 11.6 Å². The molecule has 4 heteroatoms. The fraction of sp³-hybridized carbons (Fsp3) is 0.235. The zero-order chi connectivity index (χ0) is 15.2. The minimum atomic E-state index is -0.226. The minimum absolute atomic E-state index is 0.00862. The second-order valence-corrected chi connectivity index (χ2v) is 5.37. The molecule has 0 fully saturated rings. The fourth-order valence-corrected chi connectivity index (χ4v) is 2.32. The van der Waals surface area contributed by atoms with Crippen molar-refractivity contribution in [2.24, 2.45) is 0 Å². The largest absolute Gasteiger partial charge is 0.331 e. The molecule has 0 saturated carbocycles. The van der Waals surface area contributed by atoms with Crippen molar-refractivity contribution in [2.75, 3.05) is 5.32 Å². The second-order valence-electron chi connectivity index (χ2n) is 4.93. The Balaban J connectivity index is 2.05. The van der Waals surface area contributed by atoms with Crippen molar-refractivity contribution >= 4 is 23.3 Å². The van der Waals surface area contributed by atoms with Crippen LogP contribution in [0.5, 0.6) is 0 Å². The predicted molar refractivity (Wildman–Crippen MR) is 87.8 cm³/mol. The van der Waals surface area contributed by atoms with Crippen molar-refractivity contribution in [2.45, 2.75) is 26.3 Å². The molecule has 0 aromatic heterocycles. The lowest BCUT2D eigenvalue weighted by atomic mass is 10.1. The molecule has 1 atom stereocenters. The summed E-state index contributed by atoms with van der Waals surface area (Å²) in [5.41, 5.74) is 2.79. The number of aryl methyl sites for hydroxylation is 1. The van der Waals surface area contributed by atoms with Gasteiger partial charge in [0.2, 0.25) is 0 Å². The molecule has 2 aromatic rings. The van der Waals surface area contributed by atoms with E-state index in [1.54, 1.807) is 12.1 Å². The Bertz CT molecular complexity index is 613. The lowest BCUT2D eigenvalue weighted by Gasteiger charge is -2.18. The van der Waals surface area contributed by atoms with Gasteiger partial charge in [0.25, 0.3) is 0 Å². The van der Waals surface area contributed by atoms with Gasteiger partial charge in [0.05, 0.1) is 6.04 Å². The number of hydrogen-bond donors (Lipinski definition) is 2. The minimum Gasteiger partial charge on any atom is -0.331 e. The summed E-state index contributed by atoms with van der Waals surface area (Å²) < 4.78 is 0. The van der Waals surface area contributed by atoms with Crippen LogP contribution < -0.4 is 10.6 Å². The quantitative estimate of drug-likeness (QED) is 0.827. The summed E-state index contributed by atoms with van der Waals surface area (Å²) in [4.78, 5) is 12.2. The number of benzene rings is 2. The lowest BCUT2D eigenvalue weighted by molar-refractivity contribution is 0.248. The third kappa shape index (κ3) is 4.23. The van der Waals surface area contributed by atoms with Crippen LogP contribution in [0.2, 0.25) is 5.02 Å². The monoisotopic (exact) mass is 302 g/mol. The van der Waals surface area contributed by atoms with Crippen molar-refractivity contribution in [3.8, 4) is 0 Å². The van der Waals surface area contributed by atoms with E-state index in [1.807, 2.05) is 50.2 Å². The van der Waals surface area contributed by atoms with E-state index in [2.05, 4.69) is 10.6 Å². The molecule has 0 saturated heterocycles. The number of nitrogens with one attached hydrogen (secondary N) is 2. The third-order valence-corrected chi connectivity index (χ3v) is 3.60. The highest BCUT2D eigenvalue weighted by molar-refractivity contribution is 6.31. The highest BCUT2D eigenvalue weighted by Crippen LogP contribution is 2.21. The van der Waals surface area contributed by atoms with Gasteiger partial charge in [-0.3, -0.25) is 0 Å². The summed E-state index contributed by atoms with van der Waals surface area (Å²) in [6.45, 7) is 3.98. The molecule has 21 heavy (non-hydrogen) atoms. The molecular weight excluding hydrogens is 284 g/mol. The van der Waals surface area contributed by atoms with Crippen molar-refractivity contribution in [1.29, 1.82) is 0 Å². The molecule has 110 valence electrons. The number of hydrogen-bond acceptors (Lipinski definition) is 1. The fourth-order valence-electron chi connectivity index (χ4n) is 2.15. The Morgan fingerprint density at radius 1 is 1.19 bits per heavy atom. The average Bonchev–Trinajstić information content (AvgIpc) is 2.49. The number of carbonyl (C=O) groups is 1. The highest BCUT2D eigenvalue weighted by Gasteiger charge is 2.13. The number of rotatable bonds is 4. The molecule has 0 aliphatic rings. The van der Waals surface area contributed by atoms with Crippen LogP contribution in [-0.4, -0.2) is 6.03 Å². The van der Waals surface area contributed by atoms with Crippen LogP contribution in [0.15, 0.2) is 48.5 Å². The molecule has 0 bridgehead atoms. The molecule has 2 amide bonds. The van der Waals surface area contributed by atoms with Crippen molar-refractivity contribution in [3.05, 3.63) is 64.7 Å². The summed E-state index contributed by atoms with van der Waals surface area (Å²) in [6, 6.07) is 15.1. The lowest BCUT2D eigenvalue weighted by Crippen LogP contribution is -2.32. The highest BCUT2D eigenvalue weighted by atomic mass is 35.5. The second kappa shape index (κ2) is 7.14. The van der Waals surface area contributed by atoms with Crippen LogP contribution in [-0.2, 0) is 0 Å². The van der Waals surface area contributed by atoms with Crippen molar-refractivity contribution < 1.29 is 4.79 Å². The molecule has 1 unspecified atom stereocenters. The van der Waals surface area contributed by atoms with Gasteiger partial charge in [0.1, 0.15) is 0 Å². The molecule has 0 spiro atoms. The van der Waals surface area contributed by atoms with Gasteiger partial charge >= 0.3 is 6.03 Å². The molecule has 2 N–H and O–H groups in total. The Morgan fingerprint density at radius 2 is 1.90 bits per heavy atom. The Kier molecular flexibility index (Phi) is 5.23. The first kappa shape index (κ1) is 15.4. The van der Waals surface area contributed by atoms with Crippen LogP contribution in [0.4, 0.5) is 10.5 Å². The van der Waals surface area contributed by atoms with Crippen molar-refractivity contribution in [1.82, 2.24) is 5.32 Å². The number of halogens is 1. The number of amides is 2. The molecule has 0 radical (unpaired) electrons. The SMILES string of the molecule is CCC(NC(=O)Nc1cc(Cl)ccc1C)c1ccccc1. The van der Waals surface area contributed by atoms with Crippen LogP contribution in [0.1, 0.15) is 30.5 Å². The number of anilines is 1. The summed E-state index contributed by atoms with van der Waals surface area (Å²) >= 11 is 5.96. The van der Waals surface area contributed by atoms with E-state index in [0.717, 1.165) is 23.2 Å². The van der Waals surface area contributed by atoms with E-state index in [9.17, 15) is 4.79 Å². The first-order chi connectivity index (χ1) is 10.1. The smallest absolute Gasteiger partial charge is 0.319 e. The van der Waals surface area contributed by atoms with Gasteiger partial charge in [-0.1, -0.05) is 54.9 Å². The van der Waals surface area contributed by atoms with Gasteiger partial charge in [-0.2, -0.15) is 0 Å². The van der Waals surface area contributed by atoms with Crippen LogP contribution in [0.25, 0.3) is 0 Å². The molecule has 3 nitrogen and oxygen atoms in total. The maximum Gasteiger partial charge on any atom is 0.319 e. The van der Waals surface area contributed by atoms with E-state index < -0.39 is 0 Å². The number of urea groups is 1. The van der Waals surface area contributed by atoms with Gasteiger partial charge in [-0.05, 0) is 36.6 Å². The van der Waals surface area contributed by atoms with Gasteiger partial charge in [-0.15, -0.1) is 0 Å². The zero-order valence-electron chi connectivity index (χ0n) is 12.2. The van der Waals surface area contributed by atoms with Crippen LogP contribution in [0.3, 0.4) is 0 Å². The summed E-state index contributed by atoms with van der Waals surface area (Å²) in [5, 5.41) is 6.44. The molecule has 2 aromatic carbocycles. The summed E-state index contributed by atoms with van der Waals surface area (Å²) in [5.74, 6) is 0.